The van der Waals surface area contributed by atoms with Gasteiger partial charge in [-0.05, 0) is 84.8 Å². The van der Waals surface area contributed by atoms with Crippen molar-refractivity contribution in [3.8, 4) is 11.1 Å². The van der Waals surface area contributed by atoms with Gasteiger partial charge in [0.15, 0.2) is 0 Å². The number of nitrogens with two attached hydrogens (primary N) is 1. The van der Waals surface area contributed by atoms with Gasteiger partial charge >= 0.3 is 0 Å². The number of sulfonamides is 2. The lowest BCUT2D eigenvalue weighted by molar-refractivity contribution is 0.409. The predicted molar refractivity (Wildman–Crippen MR) is 157 cm³/mol. The molecule has 0 heterocycles. The van der Waals surface area contributed by atoms with Crippen molar-refractivity contribution in [2.75, 3.05) is 6.54 Å². The molecular formula is C30H31ClN2O4S2. The lowest BCUT2D eigenvalue weighted by atomic mass is 10.0. The van der Waals surface area contributed by atoms with Gasteiger partial charge in [0, 0.05) is 18.1 Å². The van der Waals surface area contributed by atoms with Crippen LogP contribution in [0.15, 0.2) is 94.7 Å². The van der Waals surface area contributed by atoms with Crippen LogP contribution in [0.3, 0.4) is 0 Å². The minimum Gasteiger partial charge on any atom is -0.225 e. The van der Waals surface area contributed by atoms with E-state index in [1.165, 1.54) is 16.4 Å². The average Bonchev–Trinajstić information content (AvgIpc) is 2.85. The van der Waals surface area contributed by atoms with Gasteiger partial charge < -0.3 is 0 Å². The summed E-state index contributed by atoms with van der Waals surface area (Å²) in [6.45, 7) is 6.05. The monoisotopic (exact) mass is 582 g/mol. The van der Waals surface area contributed by atoms with E-state index in [-0.39, 0.29) is 18.0 Å². The molecule has 6 nitrogen and oxygen atoms in total. The number of hydrogen-bond donors (Lipinski definition) is 1. The van der Waals surface area contributed by atoms with Gasteiger partial charge in [-0.3, -0.25) is 0 Å². The van der Waals surface area contributed by atoms with Crippen LogP contribution in [-0.2, 0) is 33.0 Å². The first-order chi connectivity index (χ1) is 18.3. The van der Waals surface area contributed by atoms with E-state index >= 15 is 0 Å². The van der Waals surface area contributed by atoms with E-state index in [9.17, 15) is 16.8 Å². The van der Waals surface area contributed by atoms with Crippen molar-refractivity contribution in [2.24, 2.45) is 5.14 Å². The van der Waals surface area contributed by atoms with Crippen molar-refractivity contribution in [2.45, 2.75) is 43.5 Å². The van der Waals surface area contributed by atoms with Crippen LogP contribution in [0.5, 0.6) is 0 Å². The standard InChI is InChI=1S/C30H31ClN2O4S2/c1-21-16-22(2)30(23(3)17-21)39(36,37)33(15-14-24-6-4-8-28(31)18-24)20-25-10-12-26(13-11-25)27-7-5-9-29(19-27)38(32,34)35/h4-13,16-19H,14-15,20H2,1-3H3,(H2,32,34,35). The second kappa shape index (κ2) is 11.6. The van der Waals surface area contributed by atoms with E-state index in [1.54, 1.807) is 18.2 Å². The minimum atomic E-state index is -3.82. The van der Waals surface area contributed by atoms with Crippen LogP contribution in [-0.4, -0.2) is 27.7 Å². The summed E-state index contributed by atoms with van der Waals surface area (Å²) < 4.78 is 53.1. The lowest BCUT2D eigenvalue weighted by Crippen LogP contribution is -2.33. The van der Waals surface area contributed by atoms with Crippen molar-refractivity contribution in [1.29, 1.82) is 0 Å². The maximum atomic E-state index is 14.0. The van der Waals surface area contributed by atoms with Crippen LogP contribution in [0.4, 0.5) is 0 Å². The van der Waals surface area contributed by atoms with Crippen molar-refractivity contribution < 1.29 is 16.8 Å². The molecule has 0 bridgehead atoms. The molecule has 0 aliphatic heterocycles. The molecule has 4 aromatic rings. The summed E-state index contributed by atoms with van der Waals surface area (Å²) in [6.07, 6.45) is 0.502. The molecule has 204 valence electrons. The summed E-state index contributed by atoms with van der Waals surface area (Å²) in [5.41, 5.74) is 5.68. The van der Waals surface area contributed by atoms with Crippen LogP contribution in [0.1, 0.15) is 27.8 Å². The van der Waals surface area contributed by atoms with Crippen molar-refractivity contribution in [1.82, 2.24) is 4.31 Å². The molecule has 0 aliphatic carbocycles. The summed E-state index contributed by atoms with van der Waals surface area (Å²) in [4.78, 5) is 0.363. The Morgan fingerprint density at radius 1 is 0.744 bits per heavy atom. The Bertz CT molecular complexity index is 1700. The first kappa shape index (κ1) is 29.0. The molecule has 2 N–H and O–H groups in total. The topological polar surface area (TPSA) is 97.5 Å². The van der Waals surface area contributed by atoms with Crippen LogP contribution in [0, 0.1) is 20.8 Å². The maximum Gasteiger partial charge on any atom is 0.243 e. The summed E-state index contributed by atoms with van der Waals surface area (Å²) in [7, 11) is -7.65. The zero-order valence-electron chi connectivity index (χ0n) is 22.1. The van der Waals surface area contributed by atoms with Crippen molar-refractivity contribution >= 4 is 31.6 Å². The second-order valence-corrected chi connectivity index (χ2v) is 13.6. The molecule has 0 aliphatic rings. The third-order valence-electron chi connectivity index (χ3n) is 6.55. The molecule has 9 heteroatoms. The fourth-order valence-corrected chi connectivity index (χ4v) is 7.40. The molecule has 0 aromatic heterocycles. The Morgan fingerprint density at radius 2 is 1.38 bits per heavy atom. The molecule has 39 heavy (non-hydrogen) atoms. The van der Waals surface area contributed by atoms with Gasteiger partial charge in [0.2, 0.25) is 20.0 Å². The molecule has 0 atom stereocenters. The molecule has 0 radical (unpaired) electrons. The highest BCUT2D eigenvalue weighted by atomic mass is 35.5. The normalized spacial score (nSPS) is 12.2. The molecule has 4 aromatic carbocycles. The molecule has 0 fully saturated rings. The maximum absolute atomic E-state index is 14.0. The summed E-state index contributed by atoms with van der Waals surface area (Å²) in [5.74, 6) is 0. The fourth-order valence-electron chi connectivity index (χ4n) is 4.79. The third kappa shape index (κ3) is 6.96. The average molecular weight is 583 g/mol. The lowest BCUT2D eigenvalue weighted by Gasteiger charge is -2.25. The molecule has 0 unspecified atom stereocenters. The van der Waals surface area contributed by atoms with Crippen LogP contribution in [0.25, 0.3) is 11.1 Å². The molecule has 0 saturated heterocycles. The molecule has 0 amide bonds. The zero-order chi connectivity index (χ0) is 28.4. The number of halogens is 1. The number of aryl methyl sites for hydroxylation is 3. The SMILES string of the molecule is Cc1cc(C)c(S(=O)(=O)N(CCc2cccc(Cl)c2)Cc2ccc(-c3cccc(S(N)(=O)=O)c3)cc2)c(C)c1. The van der Waals surface area contributed by atoms with E-state index < -0.39 is 20.0 Å². The Hall–Kier alpha value is -3.01. The largest absolute Gasteiger partial charge is 0.243 e. The van der Waals surface area contributed by atoms with E-state index in [0.29, 0.717) is 33.0 Å². The third-order valence-corrected chi connectivity index (χ3v) is 9.85. The molecule has 0 spiro atoms. The van der Waals surface area contributed by atoms with E-state index in [1.807, 2.05) is 75.4 Å². The smallest absolute Gasteiger partial charge is 0.225 e. The van der Waals surface area contributed by atoms with Gasteiger partial charge in [0.25, 0.3) is 0 Å². The Morgan fingerprint density at radius 3 is 2.00 bits per heavy atom. The van der Waals surface area contributed by atoms with Crippen molar-refractivity contribution in [3.63, 3.8) is 0 Å². The molecular weight excluding hydrogens is 552 g/mol. The Kier molecular flexibility index (Phi) is 8.63. The van der Waals surface area contributed by atoms with Gasteiger partial charge in [0.1, 0.15) is 0 Å². The highest BCUT2D eigenvalue weighted by Crippen LogP contribution is 2.28. The Balaban J connectivity index is 1.66. The highest BCUT2D eigenvalue weighted by Gasteiger charge is 2.28. The van der Waals surface area contributed by atoms with Gasteiger partial charge in [0.05, 0.1) is 9.79 Å². The molecule has 0 saturated carbocycles. The summed E-state index contributed by atoms with van der Waals surface area (Å²) in [5, 5.41) is 5.89. The summed E-state index contributed by atoms with van der Waals surface area (Å²) in [6, 6.07) is 25.0. The second-order valence-electron chi connectivity index (χ2n) is 9.72. The first-order valence-corrected chi connectivity index (χ1v) is 15.8. The van der Waals surface area contributed by atoms with Gasteiger partial charge in [-0.25, -0.2) is 22.0 Å². The van der Waals surface area contributed by atoms with E-state index in [0.717, 1.165) is 22.3 Å². The quantitative estimate of drug-likeness (QED) is 0.261. The minimum absolute atomic E-state index is 0.0335. The highest BCUT2D eigenvalue weighted by molar-refractivity contribution is 7.89. The number of hydrogen-bond acceptors (Lipinski definition) is 4. The first-order valence-electron chi connectivity index (χ1n) is 12.4. The van der Waals surface area contributed by atoms with Crippen LogP contribution >= 0.6 is 11.6 Å². The number of rotatable bonds is 9. The fraction of sp³-hybridized carbons (Fsp3) is 0.200. The van der Waals surface area contributed by atoms with Crippen LogP contribution < -0.4 is 5.14 Å². The van der Waals surface area contributed by atoms with Crippen LogP contribution in [0.2, 0.25) is 5.02 Å². The summed E-state index contributed by atoms with van der Waals surface area (Å²) >= 11 is 6.16. The number of nitrogens with zero attached hydrogens (tertiary/aromatic N) is 1. The van der Waals surface area contributed by atoms with Crippen molar-refractivity contribution in [3.05, 3.63) is 118 Å². The van der Waals surface area contributed by atoms with E-state index in [2.05, 4.69) is 0 Å². The number of primary sulfonamides is 1. The van der Waals surface area contributed by atoms with Gasteiger partial charge in [-0.2, -0.15) is 4.31 Å². The molecule has 4 rings (SSSR count). The number of benzene rings is 4. The zero-order valence-corrected chi connectivity index (χ0v) is 24.4. The van der Waals surface area contributed by atoms with Gasteiger partial charge in [-0.15, -0.1) is 0 Å². The van der Waals surface area contributed by atoms with Gasteiger partial charge in [-0.1, -0.05) is 77.8 Å². The van der Waals surface area contributed by atoms with E-state index in [4.69, 9.17) is 16.7 Å². The predicted octanol–water partition coefficient (Wildman–Crippen LogP) is 6.01. The Labute approximate surface area is 236 Å².